The minimum Gasteiger partial charge on any atom is -0.494 e. The number of pyridine rings is 1. The lowest BCUT2D eigenvalue weighted by atomic mass is 9.83. The number of carbonyl (C=O) groups excluding carboxylic acids is 1. The van der Waals surface area contributed by atoms with Crippen LogP contribution in [0.2, 0.25) is 0 Å². The lowest BCUT2D eigenvalue weighted by molar-refractivity contribution is 0.0945. The van der Waals surface area contributed by atoms with Gasteiger partial charge in [-0.2, -0.15) is 4.80 Å². The molecular formula is C25H31FN6O4S. The average Bonchev–Trinajstić information content (AvgIpc) is 3.32. The van der Waals surface area contributed by atoms with Crippen LogP contribution in [0.5, 0.6) is 5.75 Å². The number of aromatic nitrogens is 5. The first-order chi connectivity index (χ1) is 17.6. The van der Waals surface area contributed by atoms with Crippen LogP contribution < -0.4 is 10.1 Å². The van der Waals surface area contributed by atoms with Gasteiger partial charge in [0.2, 0.25) is 5.82 Å². The van der Waals surface area contributed by atoms with E-state index in [1.165, 1.54) is 25.5 Å². The molecular weight excluding hydrogens is 499 g/mol. The van der Waals surface area contributed by atoms with Gasteiger partial charge in [-0.15, -0.1) is 10.2 Å². The van der Waals surface area contributed by atoms with E-state index in [1.54, 1.807) is 29.9 Å². The van der Waals surface area contributed by atoms with Crippen LogP contribution in [0.4, 0.5) is 4.39 Å². The lowest BCUT2D eigenvalue weighted by Gasteiger charge is -2.27. The summed E-state index contributed by atoms with van der Waals surface area (Å²) in [7, 11) is -1.57. The first-order valence-electron chi connectivity index (χ1n) is 12.1. The number of aryl methyl sites for hydroxylation is 1. The van der Waals surface area contributed by atoms with Crippen molar-refractivity contribution in [2.75, 3.05) is 19.1 Å². The van der Waals surface area contributed by atoms with Gasteiger partial charge in [-0.25, -0.2) is 17.8 Å². The van der Waals surface area contributed by atoms with E-state index in [-0.39, 0.29) is 35.6 Å². The summed E-state index contributed by atoms with van der Waals surface area (Å²) >= 11 is 0. The zero-order valence-corrected chi connectivity index (χ0v) is 22.0. The van der Waals surface area contributed by atoms with Gasteiger partial charge in [0.1, 0.15) is 15.5 Å². The highest BCUT2D eigenvalue weighted by Gasteiger charge is 2.25. The minimum absolute atomic E-state index is 0.110. The molecule has 37 heavy (non-hydrogen) atoms. The molecule has 0 saturated heterocycles. The third-order valence-corrected chi connectivity index (χ3v) is 7.57. The Morgan fingerprint density at radius 2 is 1.89 bits per heavy atom. The number of halogens is 1. The summed E-state index contributed by atoms with van der Waals surface area (Å²) in [6.45, 7) is 2.57. The van der Waals surface area contributed by atoms with Gasteiger partial charge in [-0.3, -0.25) is 4.79 Å². The number of amides is 1. The van der Waals surface area contributed by atoms with E-state index in [2.05, 4.69) is 25.7 Å². The third kappa shape index (κ3) is 7.31. The Bertz CT molecular complexity index is 1370. The molecule has 0 bridgehead atoms. The number of benzene rings is 1. The first-order valence-corrected chi connectivity index (χ1v) is 14.2. The zero-order chi connectivity index (χ0) is 26.6. The summed E-state index contributed by atoms with van der Waals surface area (Å²) in [5.41, 5.74) is 2.16. The molecule has 1 N–H and O–H groups in total. The molecule has 0 unspecified atom stereocenters. The number of tetrazole rings is 1. The maximum Gasteiger partial charge on any atom is 0.270 e. The molecule has 2 aromatic heterocycles. The monoisotopic (exact) mass is 530 g/mol. The van der Waals surface area contributed by atoms with Crippen LogP contribution in [0, 0.1) is 24.6 Å². The summed E-state index contributed by atoms with van der Waals surface area (Å²) < 4.78 is 41.7. The second kappa shape index (κ2) is 11.3. The van der Waals surface area contributed by atoms with Crippen molar-refractivity contribution in [2.24, 2.45) is 11.8 Å². The van der Waals surface area contributed by atoms with Crippen molar-refractivity contribution >= 4 is 15.7 Å². The molecule has 0 radical (unpaired) electrons. The van der Waals surface area contributed by atoms with Crippen LogP contribution in [0.1, 0.15) is 47.4 Å². The Balaban J connectivity index is 1.38. The maximum atomic E-state index is 13.6. The number of hydrogen-bond donors (Lipinski definition) is 1. The molecule has 1 amide bonds. The summed E-state index contributed by atoms with van der Waals surface area (Å²) in [4.78, 5) is 18.7. The molecule has 1 aromatic carbocycles. The van der Waals surface area contributed by atoms with Gasteiger partial charge in [0.15, 0.2) is 11.6 Å². The van der Waals surface area contributed by atoms with E-state index < -0.39 is 15.7 Å². The zero-order valence-electron chi connectivity index (χ0n) is 21.1. The largest absolute Gasteiger partial charge is 0.494 e. The van der Waals surface area contributed by atoms with Crippen LogP contribution in [-0.4, -0.2) is 58.6 Å². The number of carbonyl (C=O) groups is 1. The van der Waals surface area contributed by atoms with Gasteiger partial charge >= 0.3 is 0 Å². The molecule has 1 saturated carbocycles. The van der Waals surface area contributed by atoms with Gasteiger partial charge < -0.3 is 10.1 Å². The molecule has 0 aliphatic heterocycles. The number of hydrogen-bond acceptors (Lipinski definition) is 8. The number of sulfone groups is 1. The second-order valence-electron chi connectivity index (χ2n) is 9.68. The molecule has 4 rings (SSSR count). The lowest BCUT2D eigenvalue weighted by Crippen LogP contribution is -2.24. The third-order valence-electron chi connectivity index (χ3n) is 6.49. The van der Waals surface area contributed by atoms with E-state index in [9.17, 15) is 17.6 Å². The van der Waals surface area contributed by atoms with Gasteiger partial charge in [0.25, 0.3) is 5.91 Å². The fourth-order valence-corrected chi connectivity index (χ4v) is 5.87. The van der Waals surface area contributed by atoms with Gasteiger partial charge in [0.05, 0.1) is 19.4 Å². The molecule has 0 spiro atoms. The van der Waals surface area contributed by atoms with Crippen molar-refractivity contribution in [3.63, 3.8) is 0 Å². The number of nitrogens with one attached hydrogen (secondary N) is 1. The molecule has 12 heteroatoms. The van der Waals surface area contributed by atoms with Crippen molar-refractivity contribution in [3.05, 3.63) is 53.1 Å². The van der Waals surface area contributed by atoms with E-state index >= 15 is 0 Å². The predicted molar refractivity (Wildman–Crippen MR) is 135 cm³/mol. The highest BCUT2D eigenvalue weighted by molar-refractivity contribution is 7.90. The van der Waals surface area contributed by atoms with Crippen LogP contribution in [0.3, 0.4) is 0 Å². The topological polar surface area (TPSA) is 129 Å². The number of ether oxygens (including phenoxy) is 1. The van der Waals surface area contributed by atoms with Gasteiger partial charge in [-0.1, -0.05) is 6.07 Å². The Morgan fingerprint density at radius 1 is 1.16 bits per heavy atom. The number of methoxy groups -OCH3 is 1. The fourth-order valence-electron chi connectivity index (χ4n) is 4.68. The standard InChI is InChI=1S/C25H31FN6O4S/c1-16-10-20(12-22(28-16)25(33)27-13-19-8-9-21(26)23(11-19)36-2)24-29-31-32(30-24)14-17-4-6-18(7-5-17)15-37(3,34)35/h8-12,17-18H,4-7,13-15H2,1-3H3,(H,27,33). The Kier molecular flexibility index (Phi) is 8.16. The van der Waals surface area contributed by atoms with E-state index in [4.69, 9.17) is 4.74 Å². The highest BCUT2D eigenvalue weighted by Crippen LogP contribution is 2.30. The summed E-state index contributed by atoms with van der Waals surface area (Å²) in [6.07, 6.45) is 4.90. The highest BCUT2D eigenvalue weighted by atomic mass is 32.2. The number of rotatable bonds is 9. The van der Waals surface area contributed by atoms with Crippen LogP contribution in [0.15, 0.2) is 30.3 Å². The first kappa shape index (κ1) is 26.6. The molecule has 198 valence electrons. The molecule has 0 atom stereocenters. The smallest absolute Gasteiger partial charge is 0.270 e. The Morgan fingerprint density at radius 3 is 2.59 bits per heavy atom. The maximum absolute atomic E-state index is 13.6. The second-order valence-corrected chi connectivity index (χ2v) is 11.9. The van der Waals surface area contributed by atoms with Crippen LogP contribution in [-0.2, 0) is 22.9 Å². The Labute approximate surface area is 215 Å². The molecule has 2 heterocycles. The van der Waals surface area contributed by atoms with Crippen molar-refractivity contribution in [1.29, 1.82) is 0 Å². The van der Waals surface area contributed by atoms with Crippen LogP contribution >= 0.6 is 0 Å². The van der Waals surface area contributed by atoms with Gasteiger partial charge in [-0.05, 0) is 79.5 Å². The van der Waals surface area contributed by atoms with E-state index in [0.717, 1.165) is 25.7 Å². The van der Waals surface area contributed by atoms with Crippen LogP contribution in [0.25, 0.3) is 11.4 Å². The van der Waals surface area contributed by atoms with Crippen molar-refractivity contribution in [1.82, 2.24) is 30.5 Å². The van der Waals surface area contributed by atoms with E-state index in [1.807, 2.05) is 0 Å². The van der Waals surface area contributed by atoms with Crippen molar-refractivity contribution in [2.45, 2.75) is 45.7 Å². The van der Waals surface area contributed by atoms with Crippen molar-refractivity contribution < 1.29 is 22.3 Å². The predicted octanol–water partition coefficient (Wildman–Crippen LogP) is 2.97. The number of nitrogens with zero attached hydrogens (tertiary/aromatic N) is 5. The fraction of sp³-hybridized carbons (Fsp3) is 0.480. The SMILES string of the molecule is COc1cc(CNC(=O)c2cc(-c3nnn(CC4CCC(CS(C)(=O)=O)CC4)n3)cc(C)n2)ccc1F. The van der Waals surface area contributed by atoms with Gasteiger partial charge in [0, 0.05) is 24.1 Å². The molecule has 1 aliphatic rings. The average molecular weight is 531 g/mol. The van der Waals surface area contributed by atoms with E-state index in [0.29, 0.717) is 35.1 Å². The molecule has 1 fully saturated rings. The van der Waals surface area contributed by atoms with Crippen molar-refractivity contribution in [3.8, 4) is 17.1 Å². The quantitative estimate of drug-likeness (QED) is 0.447. The minimum atomic E-state index is -2.96. The summed E-state index contributed by atoms with van der Waals surface area (Å²) in [6, 6.07) is 7.81. The molecule has 10 nitrogen and oxygen atoms in total. The summed E-state index contributed by atoms with van der Waals surface area (Å²) in [5, 5.41) is 15.7. The normalized spacial score (nSPS) is 17.9. The molecule has 3 aromatic rings. The Hall–Kier alpha value is -3.41. The molecule has 1 aliphatic carbocycles. The summed E-state index contributed by atoms with van der Waals surface area (Å²) in [5.74, 6) is 0.492.